The van der Waals surface area contributed by atoms with Gasteiger partial charge in [-0.2, -0.15) is 0 Å². The van der Waals surface area contributed by atoms with E-state index in [9.17, 15) is 4.79 Å². The number of nitrogens with zero attached hydrogens (tertiary/aromatic N) is 1. The zero-order chi connectivity index (χ0) is 16.7. The van der Waals surface area contributed by atoms with E-state index in [1.807, 2.05) is 4.90 Å². The highest BCUT2D eigenvalue weighted by Gasteiger charge is 2.23. The number of likely N-dealkylation sites (tertiary alicyclic amines) is 1. The first kappa shape index (κ1) is 21.0. The average molecular weight is 377 g/mol. The molecular weight excluding hydrogens is 351 g/mol. The Hall–Kier alpha value is -1.01. The van der Waals surface area contributed by atoms with Gasteiger partial charge in [-0.3, -0.25) is 4.79 Å². The van der Waals surface area contributed by atoms with Gasteiger partial charge in [0, 0.05) is 30.3 Å². The number of nitrogens with two attached hydrogens (primary N) is 1. The molecule has 0 atom stereocenters. The molecule has 2 N–H and O–H groups in total. The molecule has 0 spiro atoms. The number of amides is 1. The summed E-state index contributed by atoms with van der Waals surface area (Å²) in [4.78, 5) is 14.4. The summed E-state index contributed by atoms with van der Waals surface area (Å²) in [6, 6.07) is 5.35. The second-order valence-electron chi connectivity index (χ2n) is 5.73. The number of benzene rings is 1. The molecule has 1 saturated heterocycles. The standard InChI is InChI=1S/C17H25ClN2O3.ClH/c1-22-16-4-3-14(18)11-13(16)12-17(21)20-8-5-15(6-9-20)23-10-2-7-19;/h3-4,11,15H,2,5-10,12,19H2,1H3;1H. The van der Waals surface area contributed by atoms with Gasteiger partial charge in [-0.1, -0.05) is 11.6 Å². The van der Waals surface area contributed by atoms with Crippen LogP contribution in [0.1, 0.15) is 24.8 Å². The molecule has 136 valence electrons. The molecule has 0 saturated carbocycles. The molecule has 24 heavy (non-hydrogen) atoms. The van der Waals surface area contributed by atoms with E-state index in [2.05, 4.69) is 0 Å². The Morgan fingerprint density at radius 1 is 1.38 bits per heavy atom. The van der Waals surface area contributed by atoms with Crippen LogP contribution >= 0.6 is 24.0 Å². The number of methoxy groups -OCH3 is 1. The predicted octanol–water partition coefficient (Wildman–Crippen LogP) is 2.67. The first-order chi connectivity index (χ1) is 11.1. The van der Waals surface area contributed by atoms with Crippen LogP contribution in [0.3, 0.4) is 0 Å². The molecular formula is C17H26Cl2N2O3. The number of rotatable bonds is 7. The van der Waals surface area contributed by atoms with Crippen molar-refractivity contribution in [1.29, 1.82) is 0 Å². The van der Waals surface area contributed by atoms with Crippen molar-refractivity contribution in [3.63, 3.8) is 0 Å². The zero-order valence-electron chi connectivity index (χ0n) is 14.0. The molecule has 0 bridgehead atoms. The largest absolute Gasteiger partial charge is 0.496 e. The van der Waals surface area contributed by atoms with Crippen molar-refractivity contribution >= 4 is 29.9 Å². The smallest absolute Gasteiger partial charge is 0.227 e. The summed E-state index contributed by atoms with van der Waals surface area (Å²) in [5.74, 6) is 0.800. The maximum absolute atomic E-state index is 12.5. The molecule has 0 radical (unpaired) electrons. The lowest BCUT2D eigenvalue weighted by atomic mass is 10.1. The Morgan fingerprint density at radius 3 is 2.71 bits per heavy atom. The molecule has 1 aromatic carbocycles. The van der Waals surface area contributed by atoms with Crippen molar-refractivity contribution < 1.29 is 14.3 Å². The SMILES string of the molecule is COc1ccc(Cl)cc1CC(=O)N1CCC(OCCCN)CC1.Cl. The highest BCUT2D eigenvalue weighted by Crippen LogP contribution is 2.24. The lowest BCUT2D eigenvalue weighted by molar-refractivity contribution is -0.133. The number of hydrogen-bond acceptors (Lipinski definition) is 4. The molecule has 2 rings (SSSR count). The van der Waals surface area contributed by atoms with Gasteiger partial charge >= 0.3 is 0 Å². The summed E-state index contributed by atoms with van der Waals surface area (Å²) in [5.41, 5.74) is 6.29. The quantitative estimate of drug-likeness (QED) is 0.742. The lowest BCUT2D eigenvalue weighted by Crippen LogP contribution is -2.41. The van der Waals surface area contributed by atoms with Crippen molar-refractivity contribution in [2.45, 2.75) is 31.8 Å². The van der Waals surface area contributed by atoms with Gasteiger partial charge in [-0.15, -0.1) is 12.4 Å². The van der Waals surface area contributed by atoms with Crippen LogP contribution < -0.4 is 10.5 Å². The zero-order valence-corrected chi connectivity index (χ0v) is 15.6. The lowest BCUT2D eigenvalue weighted by Gasteiger charge is -2.32. The van der Waals surface area contributed by atoms with Crippen LogP contribution in [0, 0.1) is 0 Å². The molecule has 0 aromatic heterocycles. The summed E-state index contributed by atoms with van der Waals surface area (Å²) in [7, 11) is 1.60. The number of halogens is 2. The van der Waals surface area contributed by atoms with E-state index in [0.717, 1.165) is 37.9 Å². The van der Waals surface area contributed by atoms with Gasteiger partial charge in [-0.25, -0.2) is 0 Å². The van der Waals surface area contributed by atoms with E-state index in [4.69, 9.17) is 26.8 Å². The van der Waals surface area contributed by atoms with E-state index in [-0.39, 0.29) is 24.4 Å². The topological polar surface area (TPSA) is 64.8 Å². The average Bonchev–Trinajstić information content (AvgIpc) is 2.56. The minimum atomic E-state index is 0. The van der Waals surface area contributed by atoms with Gasteiger partial charge in [0.15, 0.2) is 0 Å². The molecule has 1 amide bonds. The van der Waals surface area contributed by atoms with Gasteiger partial charge in [0.1, 0.15) is 5.75 Å². The van der Waals surface area contributed by atoms with Crippen LogP contribution in [0.2, 0.25) is 5.02 Å². The maximum atomic E-state index is 12.5. The Morgan fingerprint density at radius 2 is 2.08 bits per heavy atom. The Kier molecular flexibility index (Phi) is 9.44. The fourth-order valence-electron chi connectivity index (χ4n) is 2.77. The van der Waals surface area contributed by atoms with Gasteiger partial charge in [0.05, 0.1) is 19.6 Å². The second kappa shape index (κ2) is 10.8. The van der Waals surface area contributed by atoms with Crippen molar-refractivity contribution in [1.82, 2.24) is 4.90 Å². The Labute approximate surface area is 154 Å². The van der Waals surface area contributed by atoms with Crippen LogP contribution in [-0.2, 0) is 16.0 Å². The van der Waals surface area contributed by atoms with E-state index in [1.165, 1.54) is 0 Å². The summed E-state index contributed by atoms with van der Waals surface area (Å²) >= 11 is 6.02. The first-order valence-electron chi connectivity index (χ1n) is 8.06. The van der Waals surface area contributed by atoms with Gasteiger partial charge in [0.25, 0.3) is 0 Å². The summed E-state index contributed by atoms with van der Waals surface area (Å²) in [5, 5.41) is 0.612. The summed E-state index contributed by atoms with van der Waals surface area (Å²) < 4.78 is 11.1. The number of carbonyl (C=O) groups excluding carboxylic acids is 1. The third-order valence-electron chi connectivity index (χ3n) is 4.08. The Balaban J connectivity index is 0.00000288. The van der Waals surface area contributed by atoms with Crippen LogP contribution in [-0.4, -0.2) is 50.3 Å². The van der Waals surface area contributed by atoms with Crippen LogP contribution in [0.15, 0.2) is 18.2 Å². The molecule has 1 fully saturated rings. The second-order valence-corrected chi connectivity index (χ2v) is 6.16. The van der Waals surface area contributed by atoms with Crippen molar-refractivity contribution in [2.75, 3.05) is 33.4 Å². The molecule has 0 unspecified atom stereocenters. The number of hydrogen-bond donors (Lipinski definition) is 1. The minimum Gasteiger partial charge on any atom is -0.496 e. The molecule has 0 aliphatic carbocycles. The van der Waals surface area contributed by atoms with Crippen LogP contribution in [0.5, 0.6) is 5.75 Å². The van der Waals surface area contributed by atoms with Crippen molar-refractivity contribution in [3.05, 3.63) is 28.8 Å². The van der Waals surface area contributed by atoms with Crippen LogP contribution in [0.25, 0.3) is 0 Å². The highest BCUT2D eigenvalue weighted by atomic mass is 35.5. The monoisotopic (exact) mass is 376 g/mol. The van der Waals surface area contributed by atoms with E-state index in [1.54, 1.807) is 25.3 Å². The number of ether oxygens (including phenoxy) is 2. The summed E-state index contributed by atoms with van der Waals surface area (Å²) in [6.45, 7) is 2.82. The first-order valence-corrected chi connectivity index (χ1v) is 8.43. The third-order valence-corrected chi connectivity index (χ3v) is 4.32. The van der Waals surface area contributed by atoms with Gasteiger partial charge < -0.3 is 20.1 Å². The van der Waals surface area contributed by atoms with E-state index in [0.29, 0.717) is 30.3 Å². The molecule has 1 aromatic rings. The molecule has 1 heterocycles. The maximum Gasteiger partial charge on any atom is 0.227 e. The highest BCUT2D eigenvalue weighted by molar-refractivity contribution is 6.30. The van der Waals surface area contributed by atoms with Crippen molar-refractivity contribution in [3.8, 4) is 5.75 Å². The van der Waals surface area contributed by atoms with E-state index < -0.39 is 0 Å². The molecule has 1 aliphatic rings. The molecule has 5 nitrogen and oxygen atoms in total. The van der Waals surface area contributed by atoms with Crippen molar-refractivity contribution in [2.24, 2.45) is 5.73 Å². The fourth-order valence-corrected chi connectivity index (χ4v) is 2.96. The van der Waals surface area contributed by atoms with Gasteiger partial charge in [-0.05, 0) is 44.0 Å². The minimum absolute atomic E-state index is 0. The molecule has 1 aliphatic heterocycles. The van der Waals surface area contributed by atoms with Crippen LogP contribution in [0.4, 0.5) is 0 Å². The summed E-state index contributed by atoms with van der Waals surface area (Å²) in [6.07, 6.45) is 3.19. The fraction of sp³-hybridized carbons (Fsp3) is 0.588. The normalized spacial score (nSPS) is 15.0. The van der Waals surface area contributed by atoms with E-state index >= 15 is 0 Å². The molecule has 7 heteroatoms. The number of carbonyl (C=O) groups is 1. The Bertz CT molecular complexity index is 521. The number of piperidine rings is 1. The predicted molar refractivity (Wildman–Crippen MR) is 98.2 cm³/mol. The van der Waals surface area contributed by atoms with Gasteiger partial charge in [0.2, 0.25) is 5.91 Å². The third kappa shape index (κ3) is 6.13.